The lowest BCUT2D eigenvalue weighted by molar-refractivity contribution is -0.136. The lowest BCUT2D eigenvalue weighted by Gasteiger charge is -1.83. The maximum Gasteiger partial charge on any atom is 0.307 e. The molecule has 0 rings (SSSR count). The number of rotatable bonds is 4. The van der Waals surface area contributed by atoms with Crippen molar-refractivity contribution < 1.29 is 19.4 Å². The van der Waals surface area contributed by atoms with E-state index in [4.69, 9.17) is 5.11 Å². The molecule has 4 nitrogen and oxygen atoms in total. The third kappa shape index (κ3) is 22.4. The minimum absolute atomic E-state index is 0.147. The van der Waals surface area contributed by atoms with Crippen LogP contribution in [0.2, 0.25) is 0 Å². The molecule has 0 atom stereocenters. The largest absolute Gasteiger partial charge is 0.481 e. The normalized spacial score (nSPS) is 8.71. The van der Waals surface area contributed by atoms with E-state index in [1.165, 1.54) is 6.92 Å². The molecule has 0 aliphatic heterocycles. The predicted molar refractivity (Wildman–Crippen MR) is 53.6 cm³/mol. The monoisotopic (exact) mass is 200 g/mol. The smallest absolute Gasteiger partial charge is 0.307 e. The van der Waals surface area contributed by atoms with Crippen LogP contribution >= 0.6 is 0 Å². The standard InChI is InChI=1S/C6H10O2.C4H6O2/c1-2-3-4-5-6(7)8;1-3-6-4(2)5/h3-4H,2,5H2,1H3,(H,7,8);3H,1H2,2H3. The van der Waals surface area contributed by atoms with E-state index in [1.54, 1.807) is 6.08 Å². The summed E-state index contributed by atoms with van der Waals surface area (Å²) < 4.78 is 4.17. The second kappa shape index (κ2) is 11.4. The highest BCUT2D eigenvalue weighted by Crippen LogP contribution is 1.84. The molecule has 0 heterocycles. The van der Waals surface area contributed by atoms with Crippen molar-refractivity contribution in [1.82, 2.24) is 0 Å². The van der Waals surface area contributed by atoms with Crippen molar-refractivity contribution in [3.8, 4) is 0 Å². The Labute approximate surface area is 83.9 Å². The highest BCUT2D eigenvalue weighted by atomic mass is 16.5. The molecule has 0 aromatic carbocycles. The van der Waals surface area contributed by atoms with E-state index in [1.807, 2.05) is 13.0 Å². The van der Waals surface area contributed by atoms with E-state index >= 15 is 0 Å². The summed E-state index contributed by atoms with van der Waals surface area (Å²) in [6, 6.07) is 0. The molecule has 0 radical (unpaired) electrons. The van der Waals surface area contributed by atoms with Gasteiger partial charge in [-0.15, -0.1) is 0 Å². The van der Waals surface area contributed by atoms with Crippen molar-refractivity contribution in [2.45, 2.75) is 26.7 Å². The summed E-state index contributed by atoms with van der Waals surface area (Å²) in [6.07, 6.45) is 5.65. The number of carbonyl (C=O) groups excluding carboxylic acids is 1. The van der Waals surface area contributed by atoms with E-state index in [9.17, 15) is 9.59 Å². The average molecular weight is 200 g/mol. The lowest BCUT2D eigenvalue weighted by Crippen LogP contribution is -1.89. The molecule has 0 aromatic heterocycles. The second-order valence-electron chi connectivity index (χ2n) is 2.25. The summed E-state index contributed by atoms with van der Waals surface area (Å²) in [5.41, 5.74) is 0. The number of carboxylic acid groups (broad SMARTS) is 1. The Kier molecular flexibility index (Phi) is 12.2. The first kappa shape index (κ1) is 14.9. The van der Waals surface area contributed by atoms with E-state index in [2.05, 4.69) is 11.3 Å². The van der Waals surface area contributed by atoms with Crippen LogP contribution in [0.25, 0.3) is 0 Å². The molecular weight excluding hydrogens is 184 g/mol. The summed E-state index contributed by atoms with van der Waals surface area (Å²) in [4.78, 5) is 19.6. The zero-order valence-electron chi connectivity index (χ0n) is 8.53. The van der Waals surface area contributed by atoms with Crippen LogP contribution in [-0.2, 0) is 14.3 Å². The third-order valence-electron chi connectivity index (χ3n) is 0.944. The van der Waals surface area contributed by atoms with Crippen LogP contribution in [0.1, 0.15) is 26.7 Å². The van der Waals surface area contributed by atoms with Gasteiger partial charge < -0.3 is 9.84 Å². The van der Waals surface area contributed by atoms with Crippen LogP contribution in [0, 0.1) is 0 Å². The molecule has 80 valence electrons. The topological polar surface area (TPSA) is 63.6 Å². The molecule has 0 fully saturated rings. The Morgan fingerprint density at radius 2 is 2.00 bits per heavy atom. The SMILES string of the molecule is C=COC(C)=O.CCC=CCC(=O)O. The maximum atomic E-state index is 9.82. The first-order chi connectivity index (χ1) is 6.54. The van der Waals surface area contributed by atoms with Gasteiger partial charge in [-0.05, 0) is 6.42 Å². The number of hydrogen-bond acceptors (Lipinski definition) is 3. The molecule has 4 heteroatoms. The van der Waals surface area contributed by atoms with Crippen LogP contribution < -0.4 is 0 Å². The summed E-state index contributed by atoms with van der Waals surface area (Å²) >= 11 is 0. The molecule has 1 N–H and O–H groups in total. The Hall–Kier alpha value is -1.58. The van der Waals surface area contributed by atoms with Crippen LogP contribution in [0.3, 0.4) is 0 Å². The summed E-state index contributed by atoms with van der Waals surface area (Å²) in [6.45, 7) is 6.45. The summed E-state index contributed by atoms with van der Waals surface area (Å²) in [5, 5.41) is 8.09. The number of allylic oxidation sites excluding steroid dienone is 1. The number of hydrogen-bond donors (Lipinski definition) is 1. The molecule has 0 amide bonds. The molecule has 0 spiro atoms. The fraction of sp³-hybridized carbons (Fsp3) is 0.400. The first-order valence-corrected chi connectivity index (χ1v) is 4.19. The number of carboxylic acids is 1. The van der Waals surface area contributed by atoms with Gasteiger partial charge in [0.05, 0.1) is 12.7 Å². The average Bonchev–Trinajstić information content (AvgIpc) is 2.05. The molecule has 0 bridgehead atoms. The van der Waals surface area contributed by atoms with Crippen LogP contribution in [-0.4, -0.2) is 17.0 Å². The molecule has 0 aromatic rings. The molecule has 0 unspecified atom stereocenters. The van der Waals surface area contributed by atoms with E-state index in [0.717, 1.165) is 12.7 Å². The number of aliphatic carboxylic acids is 1. The highest BCUT2D eigenvalue weighted by Gasteiger charge is 1.86. The number of esters is 1. The minimum atomic E-state index is -0.769. The molecule has 0 saturated heterocycles. The van der Waals surface area contributed by atoms with Crippen molar-refractivity contribution in [1.29, 1.82) is 0 Å². The predicted octanol–water partition coefficient (Wildman–Crippen LogP) is 2.12. The van der Waals surface area contributed by atoms with Crippen LogP contribution in [0.5, 0.6) is 0 Å². The van der Waals surface area contributed by atoms with E-state index in [-0.39, 0.29) is 12.4 Å². The van der Waals surface area contributed by atoms with Gasteiger partial charge >= 0.3 is 11.9 Å². The van der Waals surface area contributed by atoms with Gasteiger partial charge in [0.15, 0.2) is 0 Å². The van der Waals surface area contributed by atoms with Gasteiger partial charge in [-0.2, -0.15) is 0 Å². The minimum Gasteiger partial charge on any atom is -0.481 e. The van der Waals surface area contributed by atoms with Gasteiger partial charge in [0.1, 0.15) is 0 Å². The van der Waals surface area contributed by atoms with E-state index < -0.39 is 5.97 Å². The first-order valence-electron chi connectivity index (χ1n) is 4.19. The summed E-state index contributed by atoms with van der Waals surface area (Å²) in [7, 11) is 0. The molecule has 14 heavy (non-hydrogen) atoms. The zero-order valence-corrected chi connectivity index (χ0v) is 8.53. The van der Waals surface area contributed by atoms with Crippen molar-refractivity contribution in [3.05, 3.63) is 25.0 Å². The van der Waals surface area contributed by atoms with Gasteiger partial charge in [0, 0.05) is 6.92 Å². The Bertz CT molecular complexity index is 206. The molecule has 0 aliphatic rings. The third-order valence-corrected chi connectivity index (χ3v) is 0.944. The van der Waals surface area contributed by atoms with Gasteiger partial charge in [-0.25, -0.2) is 0 Å². The van der Waals surface area contributed by atoms with Gasteiger partial charge in [-0.1, -0.05) is 25.7 Å². The van der Waals surface area contributed by atoms with Gasteiger partial charge in [0.2, 0.25) is 0 Å². The number of ether oxygens (including phenoxy) is 1. The molecule has 0 aliphatic carbocycles. The quantitative estimate of drug-likeness (QED) is 0.429. The highest BCUT2D eigenvalue weighted by molar-refractivity contribution is 5.68. The fourth-order valence-corrected chi connectivity index (χ4v) is 0.468. The number of carbonyl (C=O) groups is 2. The van der Waals surface area contributed by atoms with Crippen LogP contribution in [0.15, 0.2) is 25.0 Å². The summed E-state index contributed by atoms with van der Waals surface area (Å²) in [5.74, 6) is -1.10. The molecule has 0 saturated carbocycles. The zero-order chi connectivity index (χ0) is 11.4. The van der Waals surface area contributed by atoms with Crippen LogP contribution in [0.4, 0.5) is 0 Å². The fourth-order valence-electron chi connectivity index (χ4n) is 0.468. The Morgan fingerprint density at radius 1 is 1.43 bits per heavy atom. The molecular formula is C10H16O4. The van der Waals surface area contributed by atoms with Gasteiger partial charge in [0.25, 0.3) is 0 Å². The second-order valence-corrected chi connectivity index (χ2v) is 2.25. The van der Waals surface area contributed by atoms with E-state index in [0.29, 0.717) is 0 Å². The Morgan fingerprint density at radius 3 is 2.21 bits per heavy atom. The maximum absolute atomic E-state index is 9.82. The Balaban J connectivity index is 0. The van der Waals surface area contributed by atoms with Crippen molar-refractivity contribution in [2.75, 3.05) is 0 Å². The van der Waals surface area contributed by atoms with Gasteiger partial charge in [-0.3, -0.25) is 9.59 Å². The van der Waals surface area contributed by atoms with Crippen molar-refractivity contribution in [2.24, 2.45) is 0 Å². The lowest BCUT2D eigenvalue weighted by atomic mass is 10.3. The van der Waals surface area contributed by atoms with Crippen molar-refractivity contribution in [3.63, 3.8) is 0 Å². The van der Waals surface area contributed by atoms with Crippen molar-refractivity contribution >= 4 is 11.9 Å².